The normalized spacial score (nSPS) is 16.7. The largest absolute Gasteiger partial charge is 0.450 e. The molecule has 4 N–H and O–H groups in total. The van der Waals surface area contributed by atoms with Crippen LogP contribution in [0.1, 0.15) is 5.56 Å². The molecule has 0 spiro atoms. The monoisotopic (exact) mass is 606 g/mol. The lowest BCUT2D eigenvalue weighted by Crippen LogP contribution is -2.36. The second kappa shape index (κ2) is 11.9. The lowest BCUT2D eigenvalue weighted by Gasteiger charge is -2.31. The number of aliphatic hydroxyl groups is 1. The lowest BCUT2D eigenvalue weighted by atomic mass is 10.2. The number of hydrogen-bond acceptors (Lipinski definition) is 10. The van der Waals surface area contributed by atoms with Gasteiger partial charge in [0.15, 0.2) is 17.2 Å². The standard InChI is InChI=1S/C26H26ClF3N8O4/c1-36-22-21(27)20(42-19(12-31)17-11-16(2-3-32-17)37-5-8-41-9-6-37)13-33-23(22)35-25(36)34-18-10-15(26(28,29)30)14-38(4-7-39)24(18)40/h2-3,10-14,31-32,39H,4-9H2,1H3,(H,33,34,35)/b19-17+,31-12?. The average molecular weight is 607 g/mol. The summed E-state index contributed by atoms with van der Waals surface area (Å²) >= 11 is 6.67. The second-order valence-electron chi connectivity index (χ2n) is 9.26. The fourth-order valence-corrected chi connectivity index (χ4v) is 4.76. The number of ether oxygens (including phenoxy) is 2. The van der Waals surface area contributed by atoms with Crippen molar-refractivity contribution in [2.24, 2.45) is 7.05 Å². The molecule has 0 bridgehead atoms. The van der Waals surface area contributed by atoms with Gasteiger partial charge in [-0.15, -0.1) is 0 Å². The first-order chi connectivity index (χ1) is 20.1. The minimum Gasteiger partial charge on any atom is -0.450 e. The molecule has 12 nitrogen and oxygen atoms in total. The van der Waals surface area contributed by atoms with Crippen LogP contribution >= 0.6 is 11.6 Å². The first kappa shape index (κ1) is 29.2. The molecule has 0 atom stereocenters. The van der Waals surface area contributed by atoms with Crippen LogP contribution in [0.4, 0.5) is 24.8 Å². The summed E-state index contributed by atoms with van der Waals surface area (Å²) in [5.74, 6) is 0.250. The molecule has 0 amide bonds. The third-order valence-corrected chi connectivity index (χ3v) is 6.95. The summed E-state index contributed by atoms with van der Waals surface area (Å²) in [6, 6.07) is 0.673. The molecule has 2 aliphatic rings. The number of rotatable bonds is 8. The van der Waals surface area contributed by atoms with Gasteiger partial charge in [0.05, 0.1) is 43.5 Å². The topological polar surface area (TPSA) is 143 Å². The Labute approximate surface area is 241 Å². The number of imidazole rings is 1. The smallest absolute Gasteiger partial charge is 0.417 e. The van der Waals surface area contributed by atoms with Crippen molar-refractivity contribution in [3.05, 3.63) is 74.9 Å². The van der Waals surface area contributed by atoms with E-state index in [2.05, 4.69) is 25.5 Å². The highest BCUT2D eigenvalue weighted by molar-refractivity contribution is 6.36. The predicted octanol–water partition coefficient (Wildman–Crippen LogP) is 3.11. The van der Waals surface area contributed by atoms with Gasteiger partial charge in [0.1, 0.15) is 16.2 Å². The van der Waals surface area contributed by atoms with E-state index in [0.29, 0.717) is 31.2 Å². The van der Waals surface area contributed by atoms with E-state index in [1.54, 1.807) is 6.20 Å². The summed E-state index contributed by atoms with van der Waals surface area (Å²) < 4.78 is 54.0. The Kier molecular flexibility index (Phi) is 8.24. The van der Waals surface area contributed by atoms with Crippen LogP contribution in [0.2, 0.25) is 5.02 Å². The molecule has 1 saturated heterocycles. The number of morpholine rings is 1. The first-order valence-corrected chi connectivity index (χ1v) is 13.1. The van der Waals surface area contributed by atoms with Gasteiger partial charge >= 0.3 is 6.18 Å². The number of alkyl halides is 3. The van der Waals surface area contributed by atoms with Gasteiger partial charge in [0, 0.05) is 44.8 Å². The fourth-order valence-electron chi connectivity index (χ4n) is 4.47. The molecule has 3 aromatic rings. The van der Waals surface area contributed by atoms with E-state index in [4.69, 9.17) is 26.5 Å². The van der Waals surface area contributed by atoms with Crippen molar-refractivity contribution in [1.82, 2.24) is 29.3 Å². The number of hydrogen-bond donors (Lipinski definition) is 4. The number of aliphatic hydroxyl groups excluding tert-OH is 1. The van der Waals surface area contributed by atoms with E-state index >= 15 is 0 Å². The Balaban J connectivity index is 1.48. The number of dihydropyridines is 1. The van der Waals surface area contributed by atoms with Gasteiger partial charge in [-0.25, -0.2) is 4.98 Å². The van der Waals surface area contributed by atoms with Crippen molar-refractivity contribution >= 4 is 40.6 Å². The SMILES string of the molecule is Cn1c(Nc2cc(C(F)(F)F)cn(CCO)c2=O)nc2ncc(O/C(C=N)=C3\C=C(N4CCOCC4)C=CN3)c(Cl)c21. The van der Waals surface area contributed by atoms with Crippen LogP contribution in [0.25, 0.3) is 11.2 Å². The highest BCUT2D eigenvalue weighted by Crippen LogP contribution is 2.35. The van der Waals surface area contributed by atoms with Crippen LogP contribution in [-0.2, 0) is 24.5 Å². The summed E-state index contributed by atoms with van der Waals surface area (Å²) in [6.45, 7) is 1.82. The maximum atomic E-state index is 13.5. The molecule has 0 saturated carbocycles. The highest BCUT2D eigenvalue weighted by atomic mass is 35.5. The molecule has 3 aromatic heterocycles. The number of fused-ring (bicyclic) bond motifs is 1. The molecule has 5 rings (SSSR count). The van der Waals surface area contributed by atoms with Gasteiger partial charge in [0.2, 0.25) is 5.95 Å². The van der Waals surface area contributed by atoms with Crippen molar-refractivity contribution in [3.63, 3.8) is 0 Å². The average Bonchev–Trinajstić information content (AvgIpc) is 3.30. The third kappa shape index (κ3) is 5.84. The van der Waals surface area contributed by atoms with E-state index < -0.39 is 29.6 Å². The van der Waals surface area contributed by atoms with Crippen molar-refractivity contribution in [2.45, 2.75) is 12.7 Å². The number of allylic oxidation sites excluding steroid dienone is 3. The molecule has 2 aliphatic heterocycles. The molecule has 0 aliphatic carbocycles. The minimum absolute atomic E-state index is 0.00803. The zero-order valence-corrected chi connectivity index (χ0v) is 23.0. The zero-order valence-electron chi connectivity index (χ0n) is 22.2. The number of halogens is 4. The summed E-state index contributed by atoms with van der Waals surface area (Å²) in [6.07, 6.45) is 3.74. The molecule has 0 radical (unpaired) electrons. The van der Waals surface area contributed by atoms with Gasteiger partial charge in [-0.2, -0.15) is 18.2 Å². The Hall–Kier alpha value is -4.34. The van der Waals surface area contributed by atoms with Crippen molar-refractivity contribution in [3.8, 4) is 5.75 Å². The molecular formula is C26H26ClF3N8O4. The summed E-state index contributed by atoms with van der Waals surface area (Å²) in [4.78, 5) is 23.5. The predicted molar refractivity (Wildman–Crippen MR) is 149 cm³/mol. The molecule has 222 valence electrons. The summed E-state index contributed by atoms with van der Waals surface area (Å²) in [5.41, 5.74) is -0.418. The molecule has 42 heavy (non-hydrogen) atoms. The van der Waals surface area contributed by atoms with Gasteiger partial charge < -0.3 is 44.7 Å². The van der Waals surface area contributed by atoms with Gasteiger partial charge in [-0.05, 0) is 18.2 Å². The van der Waals surface area contributed by atoms with Gasteiger partial charge in [-0.3, -0.25) is 4.79 Å². The second-order valence-corrected chi connectivity index (χ2v) is 9.64. The maximum absolute atomic E-state index is 13.5. The number of pyridine rings is 2. The molecule has 5 heterocycles. The number of anilines is 2. The van der Waals surface area contributed by atoms with E-state index in [9.17, 15) is 23.1 Å². The van der Waals surface area contributed by atoms with Crippen LogP contribution in [0.15, 0.2) is 58.8 Å². The van der Waals surface area contributed by atoms with Gasteiger partial charge in [-0.1, -0.05) is 11.6 Å². The Morgan fingerprint density at radius 1 is 1.36 bits per heavy atom. The Morgan fingerprint density at radius 2 is 2.12 bits per heavy atom. The van der Waals surface area contributed by atoms with Crippen molar-refractivity contribution < 1.29 is 27.8 Å². The number of nitrogens with one attached hydrogen (secondary N) is 3. The number of aryl methyl sites for hydroxylation is 1. The van der Waals surface area contributed by atoms with Crippen molar-refractivity contribution in [1.29, 1.82) is 5.41 Å². The Morgan fingerprint density at radius 3 is 2.81 bits per heavy atom. The van der Waals surface area contributed by atoms with Crippen LogP contribution < -0.4 is 20.9 Å². The maximum Gasteiger partial charge on any atom is 0.417 e. The van der Waals surface area contributed by atoms with Crippen LogP contribution in [0.3, 0.4) is 0 Å². The van der Waals surface area contributed by atoms with Gasteiger partial charge in [0.25, 0.3) is 5.56 Å². The van der Waals surface area contributed by atoms with Crippen LogP contribution in [-0.4, -0.2) is 68.2 Å². The molecular weight excluding hydrogens is 581 g/mol. The minimum atomic E-state index is -4.73. The van der Waals surface area contributed by atoms with Crippen LogP contribution in [0, 0.1) is 5.41 Å². The summed E-state index contributed by atoms with van der Waals surface area (Å²) in [7, 11) is 1.54. The van der Waals surface area contributed by atoms with E-state index in [0.717, 1.165) is 29.6 Å². The lowest BCUT2D eigenvalue weighted by molar-refractivity contribution is -0.138. The molecule has 0 aromatic carbocycles. The van der Waals surface area contributed by atoms with E-state index in [1.807, 2.05) is 12.2 Å². The van der Waals surface area contributed by atoms with E-state index in [-0.39, 0.29) is 40.2 Å². The first-order valence-electron chi connectivity index (χ1n) is 12.7. The Bertz CT molecular complexity index is 1670. The molecule has 1 fully saturated rings. The number of aromatic nitrogens is 4. The highest BCUT2D eigenvalue weighted by Gasteiger charge is 2.32. The fraction of sp³-hybridized carbons (Fsp3) is 0.308. The molecule has 16 heteroatoms. The quantitative estimate of drug-likeness (QED) is 0.225. The number of nitrogens with zero attached hydrogens (tertiary/aromatic N) is 5. The van der Waals surface area contributed by atoms with Crippen LogP contribution in [0.5, 0.6) is 5.75 Å². The molecule has 0 unspecified atom stereocenters. The van der Waals surface area contributed by atoms with Crippen molar-refractivity contribution in [2.75, 3.05) is 38.2 Å². The zero-order chi connectivity index (χ0) is 30.0. The summed E-state index contributed by atoms with van der Waals surface area (Å²) in [5, 5.41) is 22.9. The third-order valence-electron chi connectivity index (χ3n) is 6.58. The van der Waals surface area contributed by atoms with E-state index in [1.165, 1.54) is 17.8 Å².